The molecule has 7 nitrogen and oxygen atoms in total. The predicted octanol–water partition coefficient (Wildman–Crippen LogP) is 5.00. The Morgan fingerprint density at radius 2 is 1.55 bits per heavy atom. The van der Waals surface area contributed by atoms with E-state index in [-0.39, 0.29) is 16.9 Å². The molecule has 0 aliphatic carbocycles. The van der Waals surface area contributed by atoms with Crippen molar-refractivity contribution in [3.8, 4) is 16.9 Å². The SMILES string of the molecule is Cc1cc(NCc2cn(-c3ccc(C(=O)O)cc3)nc2-c2ccc(C(=O)O)cc2)ccc1F. The average Bonchev–Trinajstić information content (AvgIpc) is 3.24. The summed E-state index contributed by atoms with van der Waals surface area (Å²) in [5.74, 6) is -2.31. The summed E-state index contributed by atoms with van der Waals surface area (Å²) >= 11 is 0. The summed E-state index contributed by atoms with van der Waals surface area (Å²) in [6, 6.07) is 17.5. The molecule has 1 heterocycles. The molecule has 0 atom stereocenters. The third kappa shape index (κ3) is 4.74. The smallest absolute Gasteiger partial charge is 0.335 e. The van der Waals surface area contributed by atoms with Crippen LogP contribution in [0.2, 0.25) is 0 Å². The van der Waals surface area contributed by atoms with Crippen molar-refractivity contribution in [2.24, 2.45) is 0 Å². The molecule has 3 aromatic carbocycles. The molecule has 166 valence electrons. The van der Waals surface area contributed by atoms with Gasteiger partial charge in [-0.2, -0.15) is 5.10 Å². The lowest BCUT2D eigenvalue weighted by Gasteiger charge is -2.08. The highest BCUT2D eigenvalue weighted by Gasteiger charge is 2.14. The van der Waals surface area contributed by atoms with E-state index in [9.17, 15) is 14.0 Å². The van der Waals surface area contributed by atoms with Crippen LogP contribution in [0.1, 0.15) is 31.8 Å². The van der Waals surface area contributed by atoms with Gasteiger partial charge >= 0.3 is 11.9 Å². The summed E-state index contributed by atoms with van der Waals surface area (Å²) in [5, 5.41) is 26.2. The average molecular weight is 445 g/mol. The fourth-order valence-electron chi connectivity index (χ4n) is 3.39. The Morgan fingerprint density at radius 1 is 0.939 bits per heavy atom. The van der Waals surface area contributed by atoms with Crippen molar-refractivity contribution in [2.75, 3.05) is 5.32 Å². The second-order valence-electron chi connectivity index (χ2n) is 7.50. The lowest BCUT2D eigenvalue weighted by molar-refractivity contribution is 0.0686. The summed E-state index contributed by atoms with van der Waals surface area (Å²) in [7, 11) is 0. The molecule has 0 saturated heterocycles. The second kappa shape index (κ2) is 8.96. The van der Waals surface area contributed by atoms with Gasteiger partial charge in [-0.25, -0.2) is 18.7 Å². The van der Waals surface area contributed by atoms with E-state index < -0.39 is 11.9 Å². The maximum Gasteiger partial charge on any atom is 0.335 e. The van der Waals surface area contributed by atoms with E-state index in [0.29, 0.717) is 23.5 Å². The van der Waals surface area contributed by atoms with Crippen LogP contribution in [-0.2, 0) is 6.54 Å². The van der Waals surface area contributed by atoms with Gasteiger partial charge in [0.1, 0.15) is 5.82 Å². The van der Waals surface area contributed by atoms with Gasteiger partial charge in [-0.3, -0.25) is 0 Å². The van der Waals surface area contributed by atoms with Crippen LogP contribution in [0.3, 0.4) is 0 Å². The molecular formula is C25H20FN3O4. The Labute approximate surface area is 188 Å². The van der Waals surface area contributed by atoms with E-state index in [0.717, 1.165) is 16.8 Å². The fourth-order valence-corrected chi connectivity index (χ4v) is 3.39. The number of carboxylic acids is 2. The van der Waals surface area contributed by atoms with E-state index in [4.69, 9.17) is 10.2 Å². The molecule has 8 heteroatoms. The van der Waals surface area contributed by atoms with Gasteiger partial charge in [0.15, 0.2) is 0 Å². The number of aromatic carboxylic acids is 2. The van der Waals surface area contributed by atoms with Crippen LogP contribution in [0, 0.1) is 12.7 Å². The highest BCUT2D eigenvalue weighted by molar-refractivity contribution is 5.88. The Balaban J connectivity index is 1.69. The number of halogens is 1. The third-order valence-electron chi connectivity index (χ3n) is 5.22. The molecule has 0 aliphatic heterocycles. The van der Waals surface area contributed by atoms with Gasteiger partial charge in [-0.05, 0) is 67.1 Å². The van der Waals surface area contributed by atoms with Gasteiger partial charge in [0.25, 0.3) is 0 Å². The number of hydrogen-bond donors (Lipinski definition) is 3. The number of aryl methyl sites for hydroxylation is 1. The number of nitrogens with one attached hydrogen (secondary N) is 1. The first kappa shape index (κ1) is 21.8. The van der Waals surface area contributed by atoms with Gasteiger partial charge in [0, 0.05) is 29.6 Å². The van der Waals surface area contributed by atoms with Crippen molar-refractivity contribution in [2.45, 2.75) is 13.5 Å². The molecular weight excluding hydrogens is 425 g/mol. The lowest BCUT2D eigenvalue weighted by atomic mass is 10.1. The molecule has 0 fully saturated rings. The zero-order chi connectivity index (χ0) is 23.5. The summed E-state index contributed by atoms with van der Waals surface area (Å²) in [6.07, 6.45) is 1.82. The summed E-state index contributed by atoms with van der Waals surface area (Å²) in [6.45, 7) is 2.07. The lowest BCUT2D eigenvalue weighted by Crippen LogP contribution is -2.01. The van der Waals surface area contributed by atoms with Gasteiger partial charge in [0.2, 0.25) is 0 Å². The molecule has 33 heavy (non-hydrogen) atoms. The molecule has 1 aromatic heterocycles. The van der Waals surface area contributed by atoms with Crippen LogP contribution in [-0.4, -0.2) is 31.9 Å². The summed E-state index contributed by atoms with van der Waals surface area (Å²) in [4.78, 5) is 22.3. The zero-order valence-corrected chi connectivity index (χ0v) is 17.6. The highest BCUT2D eigenvalue weighted by Crippen LogP contribution is 2.26. The minimum Gasteiger partial charge on any atom is -0.478 e. The van der Waals surface area contributed by atoms with Crippen LogP contribution < -0.4 is 5.32 Å². The molecule has 0 unspecified atom stereocenters. The van der Waals surface area contributed by atoms with Crippen LogP contribution in [0.15, 0.2) is 72.9 Å². The van der Waals surface area contributed by atoms with E-state index in [1.807, 2.05) is 6.20 Å². The van der Waals surface area contributed by atoms with Crippen molar-refractivity contribution in [3.05, 3.63) is 101 Å². The van der Waals surface area contributed by atoms with Crippen LogP contribution in [0.4, 0.5) is 10.1 Å². The first-order chi connectivity index (χ1) is 15.8. The van der Waals surface area contributed by atoms with E-state index in [1.165, 1.54) is 30.3 Å². The Kier molecular flexibility index (Phi) is 5.91. The van der Waals surface area contributed by atoms with Crippen molar-refractivity contribution >= 4 is 17.6 Å². The van der Waals surface area contributed by atoms with E-state index in [2.05, 4.69) is 10.4 Å². The van der Waals surface area contributed by atoms with Gasteiger partial charge in [-0.15, -0.1) is 0 Å². The van der Waals surface area contributed by atoms with Crippen molar-refractivity contribution < 1.29 is 24.2 Å². The normalized spacial score (nSPS) is 10.7. The van der Waals surface area contributed by atoms with Crippen LogP contribution >= 0.6 is 0 Å². The maximum atomic E-state index is 13.6. The van der Waals surface area contributed by atoms with Crippen molar-refractivity contribution in [1.29, 1.82) is 0 Å². The van der Waals surface area contributed by atoms with E-state index >= 15 is 0 Å². The second-order valence-corrected chi connectivity index (χ2v) is 7.50. The topological polar surface area (TPSA) is 104 Å². The number of rotatable bonds is 7. The number of nitrogens with zero attached hydrogens (tertiary/aromatic N) is 2. The number of hydrogen-bond acceptors (Lipinski definition) is 4. The molecule has 0 amide bonds. The van der Waals surface area contributed by atoms with Crippen molar-refractivity contribution in [3.63, 3.8) is 0 Å². The summed E-state index contributed by atoms with van der Waals surface area (Å²) in [5.41, 5.74) is 4.48. The Morgan fingerprint density at radius 3 is 2.12 bits per heavy atom. The fraction of sp³-hybridized carbons (Fsp3) is 0.0800. The maximum absolute atomic E-state index is 13.6. The molecule has 0 saturated carbocycles. The quantitative estimate of drug-likeness (QED) is 0.370. The standard InChI is InChI=1S/C25H20FN3O4/c1-15-12-20(8-11-22(15)26)27-13-19-14-29(21-9-6-18(7-10-21)25(32)33)28-23(19)16-2-4-17(5-3-16)24(30)31/h2-12,14,27H,13H2,1H3,(H,30,31)(H,32,33). The third-order valence-corrected chi connectivity index (χ3v) is 5.22. The molecule has 3 N–H and O–H groups in total. The molecule has 4 rings (SSSR count). The monoisotopic (exact) mass is 445 g/mol. The predicted molar refractivity (Wildman–Crippen MR) is 121 cm³/mol. The zero-order valence-electron chi connectivity index (χ0n) is 17.6. The van der Waals surface area contributed by atoms with Crippen molar-refractivity contribution in [1.82, 2.24) is 9.78 Å². The van der Waals surface area contributed by atoms with Crippen LogP contribution in [0.25, 0.3) is 16.9 Å². The first-order valence-electron chi connectivity index (χ1n) is 10.1. The van der Waals surface area contributed by atoms with Gasteiger partial charge in [0.05, 0.1) is 22.5 Å². The van der Waals surface area contributed by atoms with Crippen LogP contribution in [0.5, 0.6) is 0 Å². The molecule has 4 aromatic rings. The number of carbonyl (C=O) groups is 2. The van der Waals surface area contributed by atoms with Gasteiger partial charge < -0.3 is 15.5 Å². The minimum absolute atomic E-state index is 0.170. The molecule has 0 bridgehead atoms. The number of anilines is 1. The summed E-state index contributed by atoms with van der Waals surface area (Å²) < 4.78 is 15.2. The largest absolute Gasteiger partial charge is 0.478 e. The molecule has 0 radical (unpaired) electrons. The minimum atomic E-state index is -1.01. The van der Waals surface area contributed by atoms with E-state index in [1.54, 1.807) is 48.0 Å². The first-order valence-corrected chi connectivity index (χ1v) is 10.1. The Hall–Kier alpha value is -4.46. The number of benzene rings is 3. The highest BCUT2D eigenvalue weighted by atomic mass is 19.1. The molecule has 0 spiro atoms. The molecule has 0 aliphatic rings. The number of carboxylic acid groups (broad SMARTS) is 2. The Bertz CT molecular complexity index is 1330. The van der Waals surface area contributed by atoms with Gasteiger partial charge in [-0.1, -0.05) is 12.1 Å². The number of aromatic nitrogens is 2.